The molecule has 1 aromatic heterocycles. The molecule has 4 N–H and O–H groups in total. The number of nitrogens with one attached hydrogen (secondary N) is 2. The maximum Gasteiger partial charge on any atom is 0.407 e. The van der Waals surface area contributed by atoms with Gasteiger partial charge in [-0.15, -0.1) is 0 Å². The number of aromatic amines is 1. The molecule has 2 aromatic rings. The fourth-order valence-corrected chi connectivity index (χ4v) is 4.11. The molecule has 2 fully saturated rings. The van der Waals surface area contributed by atoms with Gasteiger partial charge in [-0.3, -0.25) is 9.59 Å². The molecule has 0 bridgehead atoms. The number of hydrogen-bond acceptors (Lipinski definition) is 6. The van der Waals surface area contributed by atoms with Crippen molar-refractivity contribution in [3.63, 3.8) is 0 Å². The minimum absolute atomic E-state index is 0.0671. The number of amides is 2. The Morgan fingerprint density at radius 2 is 1.94 bits per heavy atom. The molecule has 9 nitrogen and oxygen atoms in total. The Balaban J connectivity index is 0.000000257. The summed E-state index contributed by atoms with van der Waals surface area (Å²) in [6.07, 6.45) is 7.31. The molecule has 1 atom stereocenters. The summed E-state index contributed by atoms with van der Waals surface area (Å²) in [5, 5.41) is 9.13. The van der Waals surface area contributed by atoms with Gasteiger partial charge in [-0.1, -0.05) is 43.0 Å². The second-order valence-corrected chi connectivity index (χ2v) is 8.36. The number of H-pyrrole nitrogens is 1. The molecule has 4 rings (SSSR count). The largest absolute Gasteiger partial charge is 0.444 e. The van der Waals surface area contributed by atoms with Gasteiger partial charge in [-0.2, -0.15) is 5.10 Å². The molecule has 2 amide bonds. The van der Waals surface area contributed by atoms with Crippen molar-refractivity contribution in [2.24, 2.45) is 5.73 Å². The van der Waals surface area contributed by atoms with E-state index in [-0.39, 0.29) is 28.8 Å². The van der Waals surface area contributed by atoms with Crippen molar-refractivity contribution in [3.05, 3.63) is 57.2 Å². The Bertz CT molecular complexity index is 1030. The maximum absolute atomic E-state index is 12.5. The summed E-state index contributed by atoms with van der Waals surface area (Å²) in [5.74, 6) is -1.31. The Hall–Kier alpha value is -3.14. The van der Waals surface area contributed by atoms with Crippen LogP contribution >= 0.6 is 11.6 Å². The number of nitrogens with zero attached hydrogens (tertiary/aromatic N) is 2. The Morgan fingerprint density at radius 3 is 2.61 bits per heavy atom. The van der Waals surface area contributed by atoms with Gasteiger partial charge in [0.2, 0.25) is 0 Å². The molecule has 0 radical (unpaired) electrons. The maximum atomic E-state index is 12.5. The van der Waals surface area contributed by atoms with E-state index >= 15 is 0 Å². The van der Waals surface area contributed by atoms with Crippen molar-refractivity contribution in [3.8, 4) is 0 Å². The van der Waals surface area contributed by atoms with E-state index < -0.39 is 17.3 Å². The van der Waals surface area contributed by atoms with Gasteiger partial charge in [-0.25, -0.2) is 14.3 Å². The van der Waals surface area contributed by atoms with Gasteiger partial charge in [-0.05, 0) is 25.0 Å². The van der Waals surface area contributed by atoms with Gasteiger partial charge >= 0.3 is 6.09 Å². The summed E-state index contributed by atoms with van der Waals surface area (Å²) in [5.41, 5.74) is 4.93. The Morgan fingerprint density at radius 1 is 1.21 bits per heavy atom. The van der Waals surface area contributed by atoms with E-state index in [0.29, 0.717) is 25.2 Å². The van der Waals surface area contributed by atoms with E-state index in [1.54, 1.807) is 6.07 Å². The lowest BCUT2D eigenvalue weighted by Crippen LogP contribution is -2.39. The smallest absolute Gasteiger partial charge is 0.407 e. The van der Waals surface area contributed by atoms with Crippen molar-refractivity contribution >= 4 is 29.3 Å². The van der Waals surface area contributed by atoms with Crippen LogP contribution in [0.1, 0.15) is 48.9 Å². The molecule has 0 spiro atoms. The third-order valence-electron chi connectivity index (χ3n) is 5.60. The van der Waals surface area contributed by atoms with Crippen LogP contribution in [0.4, 0.5) is 14.9 Å². The first-order valence-corrected chi connectivity index (χ1v) is 11.2. The van der Waals surface area contributed by atoms with E-state index in [1.807, 2.05) is 4.90 Å². The summed E-state index contributed by atoms with van der Waals surface area (Å²) in [6.45, 7) is 1.19. The van der Waals surface area contributed by atoms with Crippen molar-refractivity contribution in [2.75, 3.05) is 18.0 Å². The first-order chi connectivity index (χ1) is 15.8. The van der Waals surface area contributed by atoms with Gasteiger partial charge in [0.1, 0.15) is 16.9 Å². The highest BCUT2D eigenvalue weighted by Gasteiger charge is 2.28. The number of halogens is 2. The summed E-state index contributed by atoms with van der Waals surface area (Å²) in [6, 6.07) is 5.84. The van der Waals surface area contributed by atoms with Gasteiger partial charge in [0, 0.05) is 19.0 Å². The number of benzene rings is 1. The molecule has 2 heterocycles. The average Bonchev–Trinajstić information content (AvgIpc) is 3.25. The third-order valence-corrected chi connectivity index (χ3v) is 5.97. The number of anilines is 1. The predicted octanol–water partition coefficient (Wildman–Crippen LogP) is 2.99. The standard InChI is InChI=1S/C15H21ClN4O3.C7H6FNO/c16-13-12(8-17-19-14(13)21)20-7-6-11(9-20)23-15(22)18-10-4-2-1-3-5-10;8-6-4-2-1-3-5(6)7(9)10/h8,10-11H,1-7,9H2,(H,18,22)(H,19,21);1-4H,(H2,9,10). The van der Waals surface area contributed by atoms with Crippen LogP contribution in [0.2, 0.25) is 5.02 Å². The van der Waals surface area contributed by atoms with E-state index in [4.69, 9.17) is 22.1 Å². The van der Waals surface area contributed by atoms with Crippen LogP contribution in [0.25, 0.3) is 0 Å². The third kappa shape index (κ3) is 6.92. The number of hydrogen-bond donors (Lipinski definition) is 3. The van der Waals surface area contributed by atoms with Gasteiger partial charge in [0.15, 0.2) is 0 Å². The van der Waals surface area contributed by atoms with E-state index in [2.05, 4.69) is 15.5 Å². The number of primary amides is 1. The molecule has 1 unspecified atom stereocenters. The van der Waals surface area contributed by atoms with Crippen molar-refractivity contribution in [2.45, 2.75) is 50.7 Å². The fraction of sp³-hybridized carbons (Fsp3) is 0.455. The summed E-state index contributed by atoms with van der Waals surface area (Å²) in [4.78, 5) is 35.8. The first kappa shape index (κ1) is 24.5. The molecule has 1 aliphatic heterocycles. The second-order valence-electron chi connectivity index (χ2n) is 7.98. The number of alkyl carbamates (subject to hydrolysis) is 1. The van der Waals surface area contributed by atoms with Crippen LogP contribution in [0, 0.1) is 5.82 Å². The van der Waals surface area contributed by atoms with Crippen LogP contribution in [0.3, 0.4) is 0 Å². The van der Waals surface area contributed by atoms with Crippen LogP contribution in [-0.4, -0.2) is 47.4 Å². The molecular formula is C22H27ClFN5O4. The summed E-state index contributed by atoms with van der Waals surface area (Å²) in [7, 11) is 0. The Kier molecular flexibility index (Phi) is 8.65. The molecule has 11 heteroatoms. The highest BCUT2D eigenvalue weighted by atomic mass is 35.5. The molecule has 178 valence electrons. The molecule has 33 heavy (non-hydrogen) atoms. The minimum Gasteiger partial charge on any atom is -0.444 e. The zero-order valence-corrected chi connectivity index (χ0v) is 18.8. The number of ether oxygens (including phenoxy) is 1. The molecule has 1 aliphatic carbocycles. The van der Waals surface area contributed by atoms with Gasteiger partial charge in [0.25, 0.3) is 11.5 Å². The lowest BCUT2D eigenvalue weighted by molar-refractivity contribution is 0.0994. The SMILES string of the molecule is NC(=O)c1ccccc1F.O=C(NC1CCCCC1)OC1CCN(c2cn[nH]c(=O)c2Cl)C1. The number of nitrogens with two attached hydrogens (primary N) is 1. The highest BCUT2D eigenvalue weighted by molar-refractivity contribution is 6.33. The zero-order valence-electron chi connectivity index (χ0n) is 18.1. The number of rotatable bonds is 4. The minimum atomic E-state index is -0.738. The second kappa shape index (κ2) is 11.6. The van der Waals surface area contributed by atoms with E-state index in [9.17, 15) is 18.8 Å². The van der Waals surface area contributed by atoms with Gasteiger partial charge in [0.05, 0.1) is 24.0 Å². The van der Waals surface area contributed by atoms with E-state index in [1.165, 1.54) is 30.8 Å². The predicted molar refractivity (Wildman–Crippen MR) is 122 cm³/mol. The van der Waals surface area contributed by atoms with Crippen LogP contribution in [-0.2, 0) is 4.74 Å². The van der Waals surface area contributed by atoms with Crippen LogP contribution in [0.15, 0.2) is 35.3 Å². The fourth-order valence-electron chi connectivity index (χ4n) is 3.90. The monoisotopic (exact) mass is 479 g/mol. The quantitative estimate of drug-likeness (QED) is 0.618. The summed E-state index contributed by atoms with van der Waals surface area (Å²) < 4.78 is 18.0. The zero-order chi connectivity index (χ0) is 23.8. The van der Waals surface area contributed by atoms with Crippen molar-refractivity contribution in [1.82, 2.24) is 15.5 Å². The topological polar surface area (TPSA) is 130 Å². The molecule has 1 aromatic carbocycles. The number of carbonyl (C=O) groups excluding carboxylic acids is 2. The molecular weight excluding hydrogens is 453 g/mol. The number of aromatic nitrogens is 2. The van der Waals surface area contributed by atoms with Crippen LogP contribution < -0.4 is 21.5 Å². The van der Waals surface area contributed by atoms with Gasteiger partial charge < -0.3 is 20.7 Å². The normalized spacial score (nSPS) is 18.2. The molecule has 1 saturated carbocycles. The average molecular weight is 480 g/mol. The lowest BCUT2D eigenvalue weighted by Gasteiger charge is -2.23. The molecule has 2 aliphatic rings. The summed E-state index contributed by atoms with van der Waals surface area (Å²) >= 11 is 6.01. The highest BCUT2D eigenvalue weighted by Crippen LogP contribution is 2.26. The number of carbonyl (C=O) groups is 2. The lowest BCUT2D eigenvalue weighted by atomic mass is 9.96. The van der Waals surface area contributed by atoms with Crippen LogP contribution in [0.5, 0.6) is 0 Å². The first-order valence-electron chi connectivity index (χ1n) is 10.8. The van der Waals surface area contributed by atoms with Crippen molar-refractivity contribution < 1.29 is 18.7 Å². The molecule has 1 saturated heterocycles. The van der Waals surface area contributed by atoms with Crippen molar-refractivity contribution in [1.29, 1.82) is 0 Å². The Labute approximate surface area is 195 Å². The van der Waals surface area contributed by atoms with E-state index in [0.717, 1.165) is 25.7 Å².